The number of hydrogen-bond acceptors (Lipinski definition) is 0. The molecular formula is C24H35Cl. The maximum atomic E-state index is 6.02. The molecule has 0 bridgehead atoms. The van der Waals surface area contributed by atoms with Gasteiger partial charge in [-0.3, -0.25) is 0 Å². The second-order valence-corrected chi connectivity index (χ2v) is 8.97. The van der Waals surface area contributed by atoms with E-state index in [1.54, 1.807) is 0 Å². The van der Waals surface area contributed by atoms with Gasteiger partial charge >= 0.3 is 0 Å². The molecule has 25 heavy (non-hydrogen) atoms. The topological polar surface area (TPSA) is 0 Å². The molecule has 0 amide bonds. The molecule has 0 saturated heterocycles. The fourth-order valence-electron chi connectivity index (χ4n) is 5.08. The van der Waals surface area contributed by atoms with Crippen molar-refractivity contribution in [3.63, 3.8) is 0 Å². The molecule has 0 spiro atoms. The van der Waals surface area contributed by atoms with E-state index in [9.17, 15) is 0 Å². The SMILES string of the molecule is CC=CCC1CCC(CCC2CCC(c3ccc(Cl)cc3)CC2)CC1. The summed E-state index contributed by atoms with van der Waals surface area (Å²) in [5.74, 6) is 3.76. The molecule has 0 heterocycles. The lowest BCUT2D eigenvalue weighted by Gasteiger charge is -2.32. The van der Waals surface area contributed by atoms with Crippen molar-refractivity contribution in [2.24, 2.45) is 17.8 Å². The van der Waals surface area contributed by atoms with Crippen molar-refractivity contribution in [2.45, 2.75) is 83.5 Å². The lowest BCUT2D eigenvalue weighted by Crippen LogP contribution is -2.17. The van der Waals surface area contributed by atoms with E-state index < -0.39 is 0 Å². The van der Waals surface area contributed by atoms with Crippen LogP contribution in [0.3, 0.4) is 0 Å². The number of rotatable bonds is 6. The van der Waals surface area contributed by atoms with Crippen LogP contribution in [0.25, 0.3) is 0 Å². The summed E-state index contributed by atoms with van der Waals surface area (Å²) >= 11 is 6.02. The second kappa shape index (κ2) is 9.81. The molecule has 0 nitrogen and oxygen atoms in total. The van der Waals surface area contributed by atoms with Gasteiger partial charge in [0.05, 0.1) is 0 Å². The van der Waals surface area contributed by atoms with E-state index in [0.29, 0.717) is 0 Å². The van der Waals surface area contributed by atoms with Crippen molar-refractivity contribution in [1.29, 1.82) is 0 Å². The van der Waals surface area contributed by atoms with Crippen molar-refractivity contribution >= 4 is 11.6 Å². The third-order valence-corrected chi connectivity index (χ3v) is 7.09. The van der Waals surface area contributed by atoms with Gasteiger partial charge in [0.25, 0.3) is 0 Å². The number of hydrogen-bond donors (Lipinski definition) is 0. The fourth-order valence-corrected chi connectivity index (χ4v) is 5.20. The molecule has 1 aromatic rings. The van der Waals surface area contributed by atoms with E-state index in [4.69, 9.17) is 11.6 Å². The molecule has 0 N–H and O–H groups in total. The summed E-state index contributed by atoms with van der Waals surface area (Å²) in [6.45, 7) is 2.15. The molecule has 1 aromatic carbocycles. The number of benzene rings is 1. The molecule has 1 heteroatoms. The van der Waals surface area contributed by atoms with Crippen molar-refractivity contribution in [3.05, 3.63) is 47.0 Å². The third-order valence-electron chi connectivity index (χ3n) is 6.84. The summed E-state index contributed by atoms with van der Waals surface area (Å²) in [6.07, 6.45) is 20.4. The van der Waals surface area contributed by atoms with Crippen molar-refractivity contribution in [1.82, 2.24) is 0 Å². The first kappa shape index (κ1) is 19.0. The van der Waals surface area contributed by atoms with Crippen molar-refractivity contribution in [2.75, 3.05) is 0 Å². The van der Waals surface area contributed by atoms with Gasteiger partial charge in [-0.05, 0) is 93.2 Å². The minimum atomic E-state index is 0.774. The summed E-state index contributed by atoms with van der Waals surface area (Å²) in [7, 11) is 0. The average molecular weight is 359 g/mol. The lowest BCUT2D eigenvalue weighted by molar-refractivity contribution is 0.231. The Morgan fingerprint density at radius 3 is 1.88 bits per heavy atom. The van der Waals surface area contributed by atoms with Gasteiger partial charge in [-0.2, -0.15) is 0 Å². The Morgan fingerprint density at radius 2 is 1.32 bits per heavy atom. The Hall–Kier alpha value is -0.750. The summed E-state index contributed by atoms with van der Waals surface area (Å²) < 4.78 is 0. The summed E-state index contributed by atoms with van der Waals surface area (Å²) in [5, 5.41) is 0.859. The monoisotopic (exact) mass is 358 g/mol. The molecule has 2 saturated carbocycles. The van der Waals surface area contributed by atoms with E-state index >= 15 is 0 Å². The standard InChI is InChI=1S/C24H35Cl/c1-2-3-4-19-5-7-20(8-6-19)9-10-21-11-13-22(14-12-21)23-15-17-24(25)18-16-23/h2-3,15-22H,4-14H2,1H3. The third kappa shape index (κ3) is 5.88. The van der Waals surface area contributed by atoms with E-state index in [-0.39, 0.29) is 0 Å². The Balaban J connectivity index is 1.34. The van der Waals surface area contributed by atoms with Gasteiger partial charge in [-0.15, -0.1) is 0 Å². The van der Waals surface area contributed by atoms with E-state index in [1.807, 2.05) is 0 Å². The fraction of sp³-hybridized carbons (Fsp3) is 0.667. The Labute approximate surface area is 160 Å². The average Bonchev–Trinajstić information content (AvgIpc) is 2.67. The molecule has 0 aromatic heterocycles. The van der Waals surface area contributed by atoms with E-state index in [1.165, 1.54) is 76.2 Å². The summed E-state index contributed by atoms with van der Waals surface area (Å²) in [4.78, 5) is 0. The molecule has 3 rings (SSSR count). The number of allylic oxidation sites excluding steroid dienone is 2. The zero-order valence-electron chi connectivity index (χ0n) is 15.9. The van der Waals surface area contributed by atoms with Gasteiger partial charge in [0.1, 0.15) is 0 Å². The zero-order chi connectivity index (χ0) is 17.5. The molecule has 0 atom stereocenters. The van der Waals surface area contributed by atoms with Gasteiger partial charge in [0, 0.05) is 5.02 Å². The van der Waals surface area contributed by atoms with Crippen LogP contribution in [0.15, 0.2) is 36.4 Å². The predicted molar refractivity (Wildman–Crippen MR) is 110 cm³/mol. The molecule has 0 radical (unpaired) electrons. The molecule has 0 aliphatic heterocycles. The van der Waals surface area contributed by atoms with Gasteiger partial charge in [0.15, 0.2) is 0 Å². The Kier molecular flexibility index (Phi) is 7.47. The molecule has 2 fully saturated rings. The first-order valence-corrected chi connectivity index (χ1v) is 11.0. The molecular weight excluding hydrogens is 324 g/mol. The quantitative estimate of drug-likeness (QED) is 0.450. The van der Waals surface area contributed by atoms with Crippen LogP contribution in [-0.4, -0.2) is 0 Å². The van der Waals surface area contributed by atoms with Crippen LogP contribution >= 0.6 is 11.6 Å². The minimum Gasteiger partial charge on any atom is -0.0917 e. The van der Waals surface area contributed by atoms with Crippen LogP contribution in [-0.2, 0) is 0 Å². The molecule has 138 valence electrons. The minimum absolute atomic E-state index is 0.774. The number of halogens is 1. The van der Waals surface area contributed by atoms with Crippen LogP contribution < -0.4 is 0 Å². The highest BCUT2D eigenvalue weighted by atomic mass is 35.5. The lowest BCUT2D eigenvalue weighted by atomic mass is 9.74. The highest BCUT2D eigenvalue weighted by Crippen LogP contribution is 2.40. The zero-order valence-corrected chi connectivity index (χ0v) is 16.7. The smallest absolute Gasteiger partial charge is 0.0406 e. The molecule has 0 unspecified atom stereocenters. The van der Waals surface area contributed by atoms with Gasteiger partial charge in [-0.1, -0.05) is 61.6 Å². The van der Waals surface area contributed by atoms with Crippen molar-refractivity contribution in [3.8, 4) is 0 Å². The predicted octanol–water partition coefficient (Wildman–Crippen LogP) is 8.17. The Morgan fingerprint density at radius 1 is 0.800 bits per heavy atom. The van der Waals surface area contributed by atoms with Gasteiger partial charge in [0.2, 0.25) is 0 Å². The Bertz CT molecular complexity index is 514. The van der Waals surface area contributed by atoms with Gasteiger partial charge in [-0.25, -0.2) is 0 Å². The van der Waals surface area contributed by atoms with E-state index in [0.717, 1.165) is 28.7 Å². The highest BCUT2D eigenvalue weighted by Gasteiger charge is 2.25. The van der Waals surface area contributed by atoms with Crippen LogP contribution in [0.1, 0.15) is 89.0 Å². The normalized spacial score (nSPS) is 30.6. The molecule has 2 aliphatic carbocycles. The first-order valence-electron chi connectivity index (χ1n) is 10.6. The van der Waals surface area contributed by atoms with Crippen molar-refractivity contribution < 1.29 is 0 Å². The van der Waals surface area contributed by atoms with Crippen LogP contribution in [0.4, 0.5) is 0 Å². The maximum absolute atomic E-state index is 6.02. The maximum Gasteiger partial charge on any atom is 0.0406 e. The van der Waals surface area contributed by atoms with Crippen LogP contribution in [0, 0.1) is 17.8 Å². The van der Waals surface area contributed by atoms with Crippen LogP contribution in [0.2, 0.25) is 5.02 Å². The van der Waals surface area contributed by atoms with Crippen LogP contribution in [0.5, 0.6) is 0 Å². The molecule has 2 aliphatic rings. The summed E-state index contributed by atoms with van der Waals surface area (Å²) in [6, 6.07) is 8.57. The highest BCUT2D eigenvalue weighted by molar-refractivity contribution is 6.30. The first-order chi connectivity index (χ1) is 12.2. The van der Waals surface area contributed by atoms with Gasteiger partial charge < -0.3 is 0 Å². The largest absolute Gasteiger partial charge is 0.0917 e. The second-order valence-electron chi connectivity index (χ2n) is 8.54. The summed E-state index contributed by atoms with van der Waals surface area (Å²) in [5.41, 5.74) is 1.50. The van der Waals surface area contributed by atoms with E-state index in [2.05, 4.69) is 43.3 Å².